The molecule has 0 heterocycles. The molecule has 6 heteroatoms. The molecule has 110 valence electrons. The van der Waals surface area contributed by atoms with Crippen LogP contribution in [0.2, 0.25) is 0 Å². The molecule has 1 rings (SSSR count). The van der Waals surface area contributed by atoms with Crippen LogP contribution < -0.4 is 10.5 Å². The van der Waals surface area contributed by atoms with Gasteiger partial charge in [-0.3, -0.25) is 9.59 Å². The molecule has 0 aliphatic heterocycles. The van der Waals surface area contributed by atoms with Gasteiger partial charge in [0, 0.05) is 24.3 Å². The van der Waals surface area contributed by atoms with Gasteiger partial charge in [0.2, 0.25) is 0 Å². The number of carbonyl (C=O) groups is 2. The average molecular weight is 280 g/mol. The largest absolute Gasteiger partial charge is 0.496 e. The van der Waals surface area contributed by atoms with Crippen molar-refractivity contribution in [2.24, 2.45) is 0 Å². The van der Waals surface area contributed by atoms with E-state index in [1.54, 1.807) is 18.2 Å². The Morgan fingerprint density at radius 2 is 2.05 bits per heavy atom. The van der Waals surface area contributed by atoms with Crippen molar-refractivity contribution in [3.63, 3.8) is 0 Å². The van der Waals surface area contributed by atoms with Gasteiger partial charge < -0.3 is 20.5 Å². The molecule has 20 heavy (non-hydrogen) atoms. The van der Waals surface area contributed by atoms with E-state index >= 15 is 0 Å². The normalized spacial score (nSPS) is 10.4. The van der Waals surface area contributed by atoms with E-state index in [0.717, 1.165) is 0 Å². The number of carboxylic acid groups (broad SMARTS) is 1. The van der Waals surface area contributed by atoms with Gasteiger partial charge >= 0.3 is 5.97 Å². The summed E-state index contributed by atoms with van der Waals surface area (Å²) in [6.07, 6.45) is -0.0960. The Kier molecular flexibility index (Phi) is 5.37. The van der Waals surface area contributed by atoms with E-state index in [4.69, 9.17) is 15.6 Å². The second-order valence-corrected chi connectivity index (χ2v) is 4.70. The standard InChI is InChI=1S/C14H20N2O4/c1-9(2)16(7-6-13(17)18)14(19)11-5-4-10(15)8-12(11)20-3/h4-5,8-9H,6-7,15H2,1-3H3,(H,17,18). The Morgan fingerprint density at radius 1 is 1.40 bits per heavy atom. The van der Waals surface area contributed by atoms with Gasteiger partial charge in [0.25, 0.3) is 5.91 Å². The molecule has 0 fully saturated rings. The third-order valence-electron chi connectivity index (χ3n) is 2.91. The lowest BCUT2D eigenvalue weighted by molar-refractivity contribution is -0.137. The highest BCUT2D eigenvalue weighted by molar-refractivity contribution is 5.97. The summed E-state index contributed by atoms with van der Waals surface area (Å²) in [6, 6.07) is 4.67. The zero-order valence-corrected chi connectivity index (χ0v) is 11.9. The Labute approximate surface area is 118 Å². The van der Waals surface area contributed by atoms with E-state index in [1.807, 2.05) is 13.8 Å². The van der Waals surface area contributed by atoms with Crippen LogP contribution in [0, 0.1) is 0 Å². The smallest absolute Gasteiger partial charge is 0.305 e. The zero-order chi connectivity index (χ0) is 15.3. The van der Waals surface area contributed by atoms with E-state index in [1.165, 1.54) is 12.0 Å². The Hall–Kier alpha value is -2.24. The quantitative estimate of drug-likeness (QED) is 0.772. The molecule has 0 saturated carbocycles. The molecular formula is C14H20N2O4. The van der Waals surface area contributed by atoms with Gasteiger partial charge in [-0.15, -0.1) is 0 Å². The fraction of sp³-hybridized carbons (Fsp3) is 0.429. The monoisotopic (exact) mass is 280 g/mol. The first-order valence-electron chi connectivity index (χ1n) is 6.33. The molecule has 0 spiro atoms. The number of benzene rings is 1. The van der Waals surface area contributed by atoms with E-state index in [9.17, 15) is 9.59 Å². The highest BCUT2D eigenvalue weighted by Gasteiger charge is 2.22. The van der Waals surface area contributed by atoms with Crippen LogP contribution in [-0.2, 0) is 4.79 Å². The summed E-state index contributed by atoms with van der Waals surface area (Å²) < 4.78 is 5.16. The number of methoxy groups -OCH3 is 1. The first-order chi connectivity index (χ1) is 9.36. The second-order valence-electron chi connectivity index (χ2n) is 4.70. The van der Waals surface area contributed by atoms with Gasteiger partial charge in [0.1, 0.15) is 5.75 Å². The third-order valence-corrected chi connectivity index (χ3v) is 2.91. The van der Waals surface area contributed by atoms with Crippen molar-refractivity contribution >= 4 is 17.6 Å². The summed E-state index contributed by atoms with van der Waals surface area (Å²) >= 11 is 0. The topological polar surface area (TPSA) is 92.9 Å². The molecule has 0 radical (unpaired) electrons. The molecule has 6 nitrogen and oxygen atoms in total. The van der Waals surface area contributed by atoms with Gasteiger partial charge in [0.15, 0.2) is 0 Å². The summed E-state index contributed by atoms with van der Waals surface area (Å²) in [6.45, 7) is 3.83. The number of carbonyl (C=O) groups excluding carboxylic acids is 1. The molecular weight excluding hydrogens is 260 g/mol. The molecule has 0 aromatic heterocycles. The fourth-order valence-electron chi connectivity index (χ4n) is 1.85. The van der Waals surface area contributed by atoms with E-state index in [0.29, 0.717) is 17.0 Å². The van der Waals surface area contributed by atoms with Crippen LogP contribution in [0.15, 0.2) is 18.2 Å². The average Bonchev–Trinajstić information content (AvgIpc) is 2.37. The van der Waals surface area contributed by atoms with E-state index in [-0.39, 0.29) is 24.9 Å². The highest BCUT2D eigenvalue weighted by atomic mass is 16.5. The van der Waals surface area contributed by atoms with Crippen molar-refractivity contribution in [3.05, 3.63) is 23.8 Å². The molecule has 0 aliphatic rings. The molecule has 0 bridgehead atoms. The molecule has 1 aromatic carbocycles. The lowest BCUT2D eigenvalue weighted by atomic mass is 10.1. The van der Waals surface area contributed by atoms with Crippen LogP contribution in [0.3, 0.4) is 0 Å². The van der Waals surface area contributed by atoms with Crippen molar-refractivity contribution in [1.29, 1.82) is 0 Å². The maximum Gasteiger partial charge on any atom is 0.305 e. The minimum Gasteiger partial charge on any atom is -0.496 e. The van der Waals surface area contributed by atoms with Crippen LogP contribution in [0.5, 0.6) is 5.75 Å². The fourth-order valence-corrected chi connectivity index (χ4v) is 1.85. The summed E-state index contributed by atoms with van der Waals surface area (Å²) in [5, 5.41) is 8.75. The number of rotatable bonds is 6. The SMILES string of the molecule is COc1cc(N)ccc1C(=O)N(CCC(=O)O)C(C)C. The van der Waals surface area contributed by atoms with Crippen molar-refractivity contribution in [1.82, 2.24) is 4.90 Å². The highest BCUT2D eigenvalue weighted by Crippen LogP contribution is 2.23. The maximum atomic E-state index is 12.5. The summed E-state index contributed by atoms with van der Waals surface area (Å²) in [4.78, 5) is 24.7. The molecule has 1 amide bonds. The van der Waals surface area contributed by atoms with Crippen LogP contribution >= 0.6 is 0 Å². The summed E-state index contributed by atoms with van der Waals surface area (Å²) in [7, 11) is 1.46. The Bertz CT molecular complexity index is 500. The van der Waals surface area contributed by atoms with Crippen molar-refractivity contribution < 1.29 is 19.4 Å². The molecule has 1 aromatic rings. The van der Waals surface area contributed by atoms with Crippen molar-refractivity contribution in [2.75, 3.05) is 19.4 Å². The second kappa shape index (κ2) is 6.79. The number of hydrogen-bond donors (Lipinski definition) is 2. The van der Waals surface area contributed by atoms with Crippen LogP contribution in [0.25, 0.3) is 0 Å². The predicted octanol–water partition coefficient (Wildman–Crippen LogP) is 1.60. The maximum absolute atomic E-state index is 12.5. The predicted molar refractivity (Wildman–Crippen MR) is 75.8 cm³/mol. The number of aliphatic carboxylic acids is 1. The van der Waals surface area contributed by atoms with E-state index < -0.39 is 5.97 Å². The van der Waals surface area contributed by atoms with Gasteiger partial charge in [-0.25, -0.2) is 0 Å². The number of carboxylic acids is 1. The number of nitrogen functional groups attached to an aromatic ring is 1. The van der Waals surface area contributed by atoms with Crippen LogP contribution in [0.4, 0.5) is 5.69 Å². The molecule has 0 unspecified atom stereocenters. The van der Waals surface area contributed by atoms with Crippen LogP contribution in [-0.4, -0.2) is 41.6 Å². The van der Waals surface area contributed by atoms with Crippen molar-refractivity contribution in [2.45, 2.75) is 26.3 Å². The minimum absolute atomic E-state index is 0.0960. The van der Waals surface area contributed by atoms with Crippen LogP contribution in [0.1, 0.15) is 30.6 Å². The first kappa shape index (κ1) is 15.8. The number of amides is 1. The number of nitrogens with two attached hydrogens (primary N) is 1. The van der Waals surface area contributed by atoms with E-state index in [2.05, 4.69) is 0 Å². The van der Waals surface area contributed by atoms with Crippen molar-refractivity contribution in [3.8, 4) is 5.75 Å². The van der Waals surface area contributed by atoms with Gasteiger partial charge in [-0.1, -0.05) is 0 Å². The number of ether oxygens (including phenoxy) is 1. The Balaban J connectivity index is 3.03. The van der Waals surface area contributed by atoms with Gasteiger partial charge in [-0.05, 0) is 26.0 Å². The lowest BCUT2D eigenvalue weighted by Crippen LogP contribution is -2.38. The lowest BCUT2D eigenvalue weighted by Gasteiger charge is -2.27. The number of nitrogens with zero attached hydrogens (tertiary/aromatic N) is 1. The number of anilines is 1. The molecule has 0 atom stereocenters. The molecule has 3 N–H and O–H groups in total. The summed E-state index contributed by atoms with van der Waals surface area (Å²) in [5.74, 6) is -0.818. The third kappa shape index (κ3) is 3.88. The molecule has 0 saturated heterocycles. The Morgan fingerprint density at radius 3 is 2.55 bits per heavy atom. The zero-order valence-electron chi connectivity index (χ0n) is 11.9. The van der Waals surface area contributed by atoms with Gasteiger partial charge in [-0.2, -0.15) is 0 Å². The van der Waals surface area contributed by atoms with Gasteiger partial charge in [0.05, 0.1) is 19.1 Å². The minimum atomic E-state index is -0.937. The first-order valence-corrected chi connectivity index (χ1v) is 6.33. The summed E-state index contributed by atoms with van der Waals surface area (Å²) in [5.41, 5.74) is 6.53. The molecule has 0 aliphatic carbocycles. The number of hydrogen-bond acceptors (Lipinski definition) is 4.